The third-order valence-corrected chi connectivity index (χ3v) is 4.31. The average molecular weight is 328 g/mol. The number of benzene rings is 1. The minimum absolute atomic E-state index is 0.0839. The first-order valence-electron chi connectivity index (χ1n) is 8.39. The van der Waals surface area contributed by atoms with E-state index in [1.807, 2.05) is 32.0 Å². The number of ether oxygens (including phenoxy) is 2. The average Bonchev–Trinajstić information content (AvgIpc) is 3.23. The van der Waals surface area contributed by atoms with Gasteiger partial charge in [-0.2, -0.15) is 0 Å². The second-order valence-electron chi connectivity index (χ2n) is 6.26. The molecule has 0 radical (unpaired) electrons. The molecule has 0 bridgehead atoms. The Morgan fingerprint density at radius 2 is 2.25 bits per heavy atom. The second-order valence-corrected chi connectivity index (χ2v) is 6.26. The van der Waals surface area contributed by atoms with Gasteiger partial charge in [0.1, 0.15) is 12.4 Å². The Bertz CT molecular complexity index is 702. The molecule has 1 aromatic heterocycles. The molecule has 0 spiro atoms. The van der Waals surface area contributed by atoms with Crippen molar-refractivity contribution in [3.8, 4) is 5.75 Å². The number of aromatic amines is 1. The van der Waals surface area contributed by atoms with Crippen LogP contribution in [0.4, 0.5) is 0 Å². The normalized spacial score (nSPS) is 17.0. The van der Waals surface area contributed by atoms with E-state index in [2.05, 4.69) is 10.3 Å². The van der Waals surface area contributed by atoms with Crippen molar-refractivity contribution in [2.45, 2.75) is 39.3 Å². The van der Waals surface area contributed by atoms with E-state index in [-0.39, 0.29) is 12.0 Å². The third-order valence-electron chi connectivity index (χ3n) is 4.31. The number of nitrogens with one attached hydrogen (secondary N) is 2. The number of carbonyl (C=O) groups is 1. The van der Waals surface area contributed by atoms with E-state index in [1.165, 1.54) is 0 Å². The van der Waals surface area contributed by atoms with E-state index >= 15 is 0 Å². The van der Waals surface area contributed by atoms with Crippen molar-refractivity contribution in [2.24, 2.45) is 0 Å². The zero-order valence-electron chi connectivity index (χ0n) is 14.2. The number of amides is 1. The molecule has 24 heavy (non-hydrogen) atoms. The van der Waals surface area contributed by atoms with Gasteiger partial charge in [-0.3, -0.25) is 4.79 Å². The van der Waals surface area contributed by atoms with Crippen LogP contribution in [0.15, 0.2) is 30.5 Å². The Morgan fingerprint density at radius 3 is 2.96 bits per heavy atom. The van der Waals surface area contributed by atoms with Crippen LogP contribution in [-0.2, 0) is 11.3 Å². The molecule has 1 aliphatic heterocycles. The first-order chi connectivity index (χ1) is 11.6. The molecular formula is C19H24N2O3. The standard InChI is InChI=1S/C19H24N2O3/c1-13-5-6-15(11-21-19(22)17-7-8-20-14(17)2)18(10-13)24-12-16-4-3-9-23-16/h5-8,10,16,20H,3-4,9,11-12H2,1-2H3,(H,21,22). The lowest BCUT2D eigenvalue weighted by atomic mass is 10.1. The number of H-pyrrole nitrogens is 1. The Morgan fingerprint density at radius 1 is 1.38 bits per heavy atom. The zero-order chi connectivity index (χ0) is 16.9. The summed E-state index contributed by atoms with van der Waals surface area (Å²) in [4.78, 5) is 15.3. The predicted molar refractivity (Wildman–Crippen MR) is 92.3 cm³/mol. The summed E-state index contributed by atoms with van der Waals surface area (Å²) < 4.78 is 11.6. The van der Waals surface area contributed by atoms with Crippen molar-refractivity contribution in [3.05, 3.63) is 52.8 Å². The fourth-order valence-electron chi connectivity index (χ4n) is 2.87. The van der Waals surface area contributed by atoms with Gasteiger partial charge in [0.2, 0.25) is 0 Å². The predicted octanol–water partition coefficient (Wildman–Crippen LogP) is 3.12. The monoisotopic (exact) mass is 328 g/mol. The molecule has 0 aliphatic carbocycles. The summed E-state index contributed by atoms with van der Waals surface area (Å²) in [6, 6.07) is 7.83. The van der Waals surface area contributed by atoms with E-state index < -0.39 is 0 Å². The van der Waals surface area contributed by atoms with Crippen LogP contribution in [0.2, 0.25) is 0 Å². The van der Waals surface area contributed by atoms with Crippen molar-refractivity contribution in [3.63, 3.8) is 0 Å². The molecule has 2 N–H and O–H groups in total. The summed E-state index contributed by atoms with van der Waals surface area (Å²) in [6.45, 7) is 5.73. The Labute approximate surface area is 142 Å². The van der Waals surface area contributed by atoms with E-state index in [4.69, 9.17) is 9.47 Å². The van der Waals surface area contributed by atoms with Gasteiger partial charge in [-0.05, 0) is 44.4 Å². The van der Waals surface area contributed by atoms with Crippen molar-refractivity contribution in [1.29, 1.82) is 0 Å². The van der Waals surface area contributed by atoms with Gasteiger partial charge in [0, 0.05) is 30.6 Å². The van der Waals surface area contributed by atoms with Crippen molar-refractivity contribution in [1.82, 2.24) is 10.3 Å². The summed E-state index contributed by atoms with van der Waals surface area (Å²) in [5.74, 6) is 0.732. The minimum Gasteiger partial charge on any atom is -0.491 e. The Balaban J connectivity index is 1.63. The lowest BCUT2D eigenvalue weighted by molar-refractivity contribution is 0.0675. The maximum Gasteiger partial charge on any atom is 0.253 e. The van der Waals surface area contributed by atoms with Crippen molar-refractivity contribution >= 4 is 5.91 Å². The molecule has 2 aromatic rings. The first kappa shape index (κ1) is 16.6. The number of hydrogen-bond acceptors (Lipinski definition) is 3. The molecule has 1 aromatic carbocycles. The van der Waals surface area contributed by atoms with Gasteiger partial charge >= 0.3 is 0 Å². The Kier molecular flexibility index (Phi) is 5.20. The number of rotatable bonds is 6. The van der Waals surface area contributed by atoms with Gasteiger partial charge in [-0.25, -0.2) is 0 Å². The van der Waals surface area contributed by atoms with Gasteiger partial charge in [0.15, 0.2) is 0 Å². The van der Waals surface area contributed by atoms with E-state index in [0.717, 1.165) is 42.0 Å². The van der Waals surface area contributed by atoms with Crippen LogP contribution in [0.5, 0.6) is 5.75 Å². The second kappa shape index (κ2) is 7.53. The molecule has 1 fully saturated rings. The topological polar surface area (TPSA) is 63.4 Å². The quantitative estimate of drug-likeness (QED) is 0.856. The lowest BCUT2D eigenvalue weighted by Gasteiger charge is -2.16. The third kappa shape index (κ3) is 3.97. The molecule has 0 saturated carbocycles. The molecule has 5 nitrogen and oxygen atoms in total. The fraction of sp³-hybridized carbons (Fsp3) is 0.421. The van der Waals surface area contributed by atoms with Gasteiger partial charge < -0.3 is 19.8 Å². The maximum atomic E-state index is 12.3. The Hall–Kier alpha value is -2.27. The lowest BCUT2D eigenvalue weighted by Crippen LogP contribution is -2.24. The highest BCUT2D eigenvalue weighted by molar-refractivity contribution is 5.95. The van der Waals surface area contributed by atoms with Gasteiger partial charge in [0.05, 0.1) is 11.7 Å². The first-order valence-corrected chi connectivity index (χ1v) is 8.39. The van der Waals surface area contributed by atoms with Gasteiger partial charge in [-0.1, -0.05) is 12.1 Å². The SMILES string of the molecule is Cc1ccc(CNC(=O)c2cc[nH]c2C)c(OCC2CCCO2)c1. The molecule has 1 saturated heterocycles. The summed E-state index contributed by atoms with van der Waals surface area (Å²) in [5, 5.41) is 2.96. The summed E-state index contributed by atoms with van der Waals surface area (Å²) in [7, 11) is 0. The summed E-state index contributed by atoms with van der Waals surface area (Å²) in [6.07, 6.45) is 4.09. The molecule has 5 heteroatoms. The fourth-order valence-corrected chi connectivity index (χ4v) is 2.87. The molecular weight excluding hydrogens is 304 g/mol. The van der Waals surface area contributed by atoms with E-state index in [1.54, 1.807) is 12.3 Å². The molecule has 1 unspecified atom stereocenters. The zero-order valence-corrected chi connectivity index (χ0v) is 14.2. The molecule has 1 aliphatic rings. The largest absolute Gasteiger partial charge is 0.491 e. The van der Waals surface area contributed by atoms with E-state index in [0.29, 0.717) is 18.7 Å². The van der Waals surface area contributed by atoms with Gasteiger partial charge in [0.25, 0.3) is 5.91 Å². The highest BCUT2D eigenvalue weighted by Gasteiger charge is 2.17. The highest BCUT2D eigenvalue weighted by Crippen LogP contribution is 2.22. The van der Waals surface area contributed by atoms with Crippen LogP contribution in [-0.4, -0.2) is 30.2 Å². The summed E-state index contributed by atoms with van der Waals surface area (Å²) >= 11 is 0. The van der Waals surface area contributed by atoms with Crippen molar-refractivity contribution in [2.75, 3.05) is 13.2 Å². The molecule has 2 heterocycles. The smallest absolute Gasteiger partial charge is 0.253 e. The van der Waals surface area contributed by atoms with Crippen LogP contribution < -0.4 is 10.1 Å². The molecule has 128 valence electrons. The number of aromatic nitrogens is 1. The number of carbonyl (C=O) groups excluding carboxylic acids is 1. The van der Waals surface area contributed by atoms with Crippen LogP contribution in [0.25, 0.3) is 0 Å². The van der Waals surface area contributed by atoms with Crippen LogP contribution in [0, 0.1) is 13.8 Å². The molecule has 3 rings (SSSR count). The van der Waals surface area contributed by atoms with Gasteiger partial charge in [-0.15, -0.1) is 0 Å². The minimum atomic E-state index is -0.0839. The molecule has 1 atom stereocenters. The van der Waals surface area contributed by atoms with Crippen LogP contribution in [0.3, 0.4) is 0 Å². The van der Waals surface area contributed by atoms with E-state index in [9.17, 15) is 4.79 Å². The molecule has 1 amide bonds. The number of hydrogen-bond donors (Lipinski definition) is 2. The number of aryl methyl sites for hydroxylation is 2. The highest BCUT2D eigenvalue weighted by atomic mass is 16.5. The maximum absolute atomic E-state index is 12.3. The van der Waals surface area contributed by atoms with Crippen molar-refractivity contribution < 1.29 is 14.3 Å². The van der Waals surface area contributed by atoms with Crippen LogP contribution in [0.1, 0.15) is 40.0 Å². The summed E-state index contributed by atoms with van der Waals surface area (Å²) in [5.41, 5.74) is 3.64. The van der Waals surface area contributed by atoms with Crippen LogP contribution >= 0.6 is 0 Å².